The second-order valence-corrected chi connectivity index (χ2v) is 6.60. The van der Waals surface area contributed by atoms with Crippen molar-refractivity contribution < 1.29 is 0 Å². The van der Waals surface area contributed by atoms with Crippen LogP contribution in [0.4, 0.5) is 0 Å². The van der Waals surface area contributed by atoms with Crippen LogP contribution >= 0.6 is 22.9 Å². The molecule has 0 spiro atoms. The summed E-state index contributed by atoms with van der Waals surface area (Å²) in [6.07, 6.45) is 2.36. The normalized spacial score (nSPS) is 12.8. The van der Waals surface area contributed by atoms with Crippen molar-refractivity contribution >= 4 is 33.2 Å². The molecule has 3 aromatic rings. The molecule has 0 N–H and O–H groups in total. The Labute approximate surface area is 127 Å². The Morgan fingerprint density at radius 1 is 1.15 bits per heavy atom. The molecule has 0 saturated heterocycles. The maximum absolute atomic E-state index is 6.54. The average Bonchev–Trinajstić information content (AvgIpc) is 2.76. The number of hydrogen-bond acceptors (Lipinski definition) is 3. The standard InChI is InChI=1S/C16H15ClN2S/c1-10-11(2)20-16-15(10)14(18-9-19-16)8-13(17)12-6-4-3-5-7-12/h3-7,9,13H,8H2,1-2H3. The Morgan fingerprint density at radius 3 is 2.65 bits per heavy atom. The molecule has 0 saturated carbocycles. The van der Waals surface area contributed by atoms with Gasteiger partial charge in [-0.3, -0.25) is 0 Å². The second kappa shape index (κ2) is 5.51. The fraction of sp³-hybridized carbons (Fsp3) is 0.250. The zero-order valence-corrected chi connectivity index (χ0v) is 13.0. The van der Waals surface area contributed by atoms with Crippen LogP contribution in [0.1, 0.15) is 27.1 Å². The number of benzene rings is 1. The highest BCUT2D eigenvalue weighted by molar-refractivity contribution is 7.18. The van der Waals surface area contributed by atoms with Gasteiger partial charge < -0.3 is 0 Å². The van der Waals surface area contributed by atoms with Crippen LogP contribution in [0.2, 0.25) is 0 Å². The molecular weight excluding hydrogens is 288 g/mol. The van der Waals surface area contributed by atoms with Crippen molar-refractivity contribution in [3.63, 3.8) is 0 Å². The third-order valence-electron chi connectivity index (χ3n) is 3.58. The van der Waals surface area contributed by atoms with E-state index in [0.717, 1.165) is 22.5 Å². The van der Waals surface area contributed by atoms with Crippen LogP contribution in [-0.2, 0) is 6.42 Å². The minimum atomic E-state index is -0.0612. The van der Waals surface area contributed by atoms with Gasteiger partial charge in [0.2, 0.25) is 0 Å². The first-order chi connectivity index (χ1) is 9.66. The molecule has 0 radical (unpaired) electrons. The summed E-state index contributed by atoms with van der Waals surface area (Å²) < 4.78 is 0. The maximum atomic E-state index is 6.54. The van der Waals surface area contributed by atoms with E-state index in [1.54, 1.807) is 17.7 Å². The number of hydrogen-bond donors (Lipinski definition) is 0. The minimum Gasteiger partial charge on any atom is -0.241 e. The molecule has 0 aliphatic rings. The summed E-state index contributed by atoms with van der Waals surface area (Å²) in [5, 5.41) is 1.12. The highest BCUT2D eigenvalue weighted by Gasteiger charge is 2.16. The van der Waals surface area contributed by atoms with Gasteiger partial charge >= 0.3 is 0 Å². The molecule has 2 aromatic heterocycles. The molecule has 2 nitrogen and oxygen atoms in total. The van der Waals surface area contributed by atoms with E-state index in [1.807, 2.05) is 18.2 Å². The molecule has 0 aliphatic carbocycles. The van der Waals surface area contributed by atoms with Gasteiger partial charge in [0.15, 0.2) is 0 Å². The van der Waals surface area contributed by atoms with Gasteiger partial charge in [0.05, 0.1) is 11.1 Å². The first kappa shape index (κ1) is 13.5. The quantitative estimate of drug-likeness (QED) is 0.648. The summed E-state index contributed by atoms with van der Waals surface area (Å²) in [6, 6.07) is 10.1. The molecular formula is C16H15ClN2S. The minimum absolute atomic E-state index is 0.0612. The molecule has 1 aromatic carbocycles. The van der Waals surface area contributed by atoms with Crippen LogP contribution in [0.5, 0.6) is 0 Å². The Morgan fingerprint density at radius 2 is 1.90 bits per heavy atom. The third kappa shape index (κ3) is 2.43. The summed E-state index contributed by atoms with van der Waals surface area (Å²) in [5.41, 5.74) is 3.45. The van der Waals surface area contributed by atoms with Crippen molar-refractivity contribution in [3.05, 3.63) is 58.4 Å². The number of alkyl halides is 1. The summed E-state index contributed by atoms with van der Waals surface area (Å²) in [5.74, 6) is 0. The van der Waals surface area contributed by atoms with Gasteiger partial charge in [-0.25, -0.2) is 9.97 Å². The lowest BCUT2D eigenvalue weighted by Gasteiger charge is -2.10. The zero-order chi connectivity index (χ0) is 14.1. The SMILES string of the molecule is Cc1sc2ncnc(CC(Cl)c3ccccc3)c2c1C. The average molecular weight is 303 g/mol. The van der Waals surface area contributed by atoms with Crippen LogP contribution in [0.25, 0.3) is 10.2 Å². The molecule has 0 aliphatic heterocycles. The highest BCUT2D eigenvalue weighted by atomic mass is 35.5. The third-order valence-corrected chi connectivity index (χ3v) is 5.10. The van der Waals surface area contributed by atoms with E-state index in [-0.39, 0.29) is 5.38 Å². The predicted octanol–water partition coefficient (Wildman–Crippen LogP) is 4.83. The number of halogens is 1. The molecule has 1 unspecified atom stereocenters. The smallest absolute Gasteiger partial charge is 0.127 e. The number of nitrogens with zero attached hydrogens (tertiary/aromatic N) is 2. The summed E-state index contributed by atoms with van der Waals surface area (Å²) >= 11 is 8.26. The first-order valence-corrected chi connectivity index (χ1v) is 7.80. The van der Waals surface area contributed by atoms with Crippen molar-refractivity contribution in [2.24, 2.45) is 0 Å². The van der Waals surface area contributed by atoms with Gasteiger partial charge in [-0.05, 0) is 25.0 Å². The van der Waals surface area contributed by atoms with E-state index in [2.05, 4.69) is 35.9 Å². The molecule has 20 heavy (non-hydrogen) atoms. The van der Waals surface area contributed by atoms with E-state index in [4.69, 9.17) is 11.6 Å². The van der Waals surface area contributed by atoms with Gasteiger partial charge in [-0.2, -0.15) is 0 Å². The lowest BCUT2D eigenvalue weighted by atomic mass is 10.0. The van der Waals surface area contributed by atoms with Crippen molar-refractivity contribution in [2.75, 3.05) is 0 Å². The Balaban J connectivity index is 1.99. The number of thiophene rings is 1. The van der Waals surface area contributed by atoms with Crippen LogP contribution in [-0.4, -0.2) is 9.97 Å². The van der Waals surface area contributed by atoms with Crippen molar-refractivity contribution in [3.8, 4) is 0 Å². The maximum Gasteiger partial charge on any atom is 0.127 e. The lowest BCUT2D eigenvalue weighted by Crippen LogP contribution is -1.99. The fourth-order valence-electron chi connectivity index (χ4n) is 2.36. The second-order valence-electron chi connectivity index (χ2n) is 4.87. The van der Waals surface area contributed by atoms with Crippen molar-refractivity contribution in [1.82, 2.24) is 9.97 Å². The molecule has 3 rings (SSSR count). The molecule has 102 valence electrons. The van der Waals surface area contributed by atoms with E-state index in [9.17, 15) is 0 Å². The van der Waals surface area contributed by atoms with Crippen LogP contribution in [0.15, 0.2) is 36.7 Å². The molecule has 4 heteroatoms. The summed E-state index contributed by atoms with van der Waals surface area (Å²) in [6.45, 7) is 4.26. The Kier molecular flexibility index (Phi) is 3.72. The van der Waals surface area contributed by atoms with Crippen molar-refractivity contribution in [1.29, 1.82) is 0 Å². The van der Waals surface area contributed by atoms with Gasteiger partial charge in [0, 0.05) is 16.7 Å². The largest absolute Gasteiger partial charge is 0.241 e. The van der Waals surface area contributed by atoms with Gasteiger partial charge in [-0.1, -0.05) is 30.3 Å². The van der Waals surface area contributed by atoms with Gasteiger partial charge in [0.25, 0.3) is 0 Å². The van der Waals surface area contributed by atoms with E-state index >= 15 is 0 Å². The monoisotopic (exact) mass is 302 g/mol. The lowest BCUT2D eigenvalue weighted by molar-refractivity contribution is 0.885. The predicted molar refractivity (Wildman–Crippen MR) is 85.6 cm³/mol. The van der Waals surface area contributed by atoms with Crippen molar-refractivity contribution in [2.45, 2.75) is 25.6 Å². The number of rotatable bonds is 3. The summed E-state index contributed by atoms with van der Waals surface area (Å²) in [7, 11) is 0. The van der Waals surface area contributed by atoms with E-state index in [1.165, 1.54) is 15.8 Å². The Hall–Kier alpha value is -1.45. The number of fused-ring (bicyclic) bond motifs is 1. The van der Waals surface area contributed by atoms with Crippen LogP contribution < -0.4 is 0 Å². The van der Waals surface area contributed by atoms with Crippen LogP contribution in [0, 0.1) is 13.8 Å². The Bertz CT molecular complexity index is 737. The molecule has 0 amide bonds. The summed E-state index contributed by atoms with van der Waals surface area (Å²) in [4.78, 5) is 11.2. The fourth-order valence-corrected chi connectivity index (χ4v) is 3.67. The molecule has 0 bridgehead atoms. The number of aryl methyl sites for hydroxylation is 2. The number of aromatic nitrogens is 2. The van der Waals surface area contributed by atoms with Gasteiger partial charge in [0.1, 0.15) is 11.2 Å². The van der Waals surface area contributed by atoms with Gasteiger partial charge in [-0.15, -0.1) is 22.9 Å². The van der Waals surface area contributed by atoms with E-state index < -0.39 is 0 Å². The molecule has 2 heterocycles. The van der Waals surface area contributed by atoms with E-state index in [0.29, 0.717) is 0 Å². The zero-order valence-electron chi connectivity index (χ0n) is 11.4. The first-order valence-electron chi connectivity index (χ1n) is 6.55. The molecule has 0 fully saturated rings. The highest BCUT2D eigenvalue weighted by Crippen LogP contribution is 2.33. The topological polar surface area (TPSA) is 25.8 Å². The molecule has 1 atom stereocenters. The van der Waals surface area contributed by atoms with Crippen LogP contribution in [0.3, 0.4) is 0 Å².